The van der Waals surface area contributed by atoms with Gasteiger partial charge in [0, 0.05) is 37.1 Å². The molecule has 3 nitrogen and oxygen atoms in total. The fourth-order valence-electron chi connectivity index (χ4n) is 2.67. The maximum absolute atomic E-state index is 6.38. The molecule has 0 aliphatic carbocycles. The molecule has 1 aromatic rings. The molecular formula is C27H36Cl2N2O. The van der Waals surface area contributed by atoms with Crippen LogP contribution < -0.4 is 0 Å². The van der Waals surface area contributed by atoms with E-state index in [1.165, 1.54) is 5.57 Å². The van der Waals surface area contributed by atoms with Gasteiger partial charge in [0.1, 0.15) is 0 Å². The maximum Gasteiger partial charge on any atom is 0.0875 e. The van der Waals surface area contributed by atoms with Crippen LogP contribution in [-0.4, -0.2) is 37.9 Å². The summed E-state index contributed by atoms with van der Waals surface area (Å²) >= 11 is 12.4. The van der Waals surface area contributed by atoms with E-state index < -0.39 is 0 Å². The molecule has 0 atom stereocenters. The monoisotopic (exact) mass is 474 g/mol. The summed E-state index contributed by atoms with van der Waals surface area (Å²) in [6.45, 7) is 9.00. The summed E-state index contributed by atoms with van der Waals surface area (Å²) in [5, 5.41) is 1.17. The summed E-state index contributed by atoms with van der Waals surface area (Å²) in [7, 11) is 3.90. The van der Waals surface area contributed by atoms with Crippen molar-refractivity contribution in [3.05, 3.63) is 87.6 Å². The summed E-state index contributed by atoms with van der Waals surface area (Å²) in [5.74, 6) is 0. The molecular weight excluding hydrogens is 439 g/mol. The van der Waals surface area contributed by atoms with Gasteiger partial charge in [0.15, 0.2) is 0 Å². The third kappa shape index (κ3) is 12.1. The Kier molecular flexibility index (Phi) is 13.7. The predicted molar refractivity (Wildman–Crippen MR) is 143 cm³/mol. The van der Waals surface area contributed by atoms with Gasteiger partial charge >= 0.3 is 0 Å². The van der Waals surface area contributed by atoms with Gasteiger partial charge in [0.25, 0.3) is 0 Å². The van der Waals surface area contributed by atoms with Crippen LogP contribution in [0.1, 0.15) is 46.1 Å². The molecule has 0 saturated carbocycles. The molecule has 0 aliphatic heterocycles. The molecule has 32 heavy (non-hydrogen) atoms. The first-order valence-electron chi connectivity index (χ1n) is 10.9. The zero-order valence-corrected chi connectivity index (χ0v) is 21.6. The molecule has 0 saturated heterocycles. The second kappa shape index (κ2) is 15.7. The van der Waals surface area contributed by atoms with Gasteiger partial charge in [-0.1, -0.05) is 66.1 Å². The number of hydrogen-bond donors (Lipinski definition) is 0. The van der Waals surface area contributed by atoms with Crippen molar-refractivity contribution in [2.24, 2.45) is 4.99 Å². The molecule has 0 radical (unpaired) electrons. The van der Waals surface area contributed by atoms with Crippen molar-refractivity contribution >= 4 is 35.1 Å². The van der Waals surface area contributed by atoms with Crippen molar-refractivity contribution in [2.45, 2.75) is 46.6 Å². The number of aliphatic imine (C=N–C) groups is 1. The SMILES string of the molecule is CC/C=C(\C=C/C/C(C)=C/COC(C)C)/C=C/C=N/C(=C\N(C)C)c1ccc(Cl)cc1Cl. The topological polar surface area (TPSA) is 24.8 Å². The molecule has 1 rings (SSSR count). The third-order valence-electron chi connectivity index (χ3n) is 4.23. The fraction of sp³-hybridized carbons (Fsp3) is 0.370. The normalized spacial score (nSPS) is 14.0. The van der Waals surface area contributed by atoms with Gasteiger partial charge in [-0.05, 0) is 63.5 Å². The lowest BCUT2D eigenvalue weighted by molar-refractivity contribution is 0.102. The van der Waals surface area contributed by atoms with Crippen LogP contribution in [0.3, 0.4) is 0 Å². The first-order chi connectivity index (χ1) is 15.2. The van der Waals surface area contributed by atoms with E-state index in [1.54, 1.807) is 12.3 Å². The Balaban J connectivity index is 2.86. The Morgan fingerprint density at radius 2 is 1.91 bits per heavy atom. The first-order valence-corrected chi connectivity index (χ1v) is 11.7. The van der Waals surface area contributed by atoms with E-state index in [0.717, 1.165) is 29.7 Å². The van der Waals surface area contributed by atoms with E-state index in [2.05, 4.69) is 49.2 Å². The van der Waals surface area contributed by atoms with E-state index in [9.17, 15) is 0 Å². The molecule has 1 aromatic carbocycles. The highest BCUT2D eigenvalue weighted by Crippen LogP contribution is 2.27. The molecule has 5 heteroatoms. The van der Waals surface area contributed by atoms with Crippen LogP contribution >= 0.6 is 23.2 Å². The van der Waals surface area contributed by atoms with Crippen LogP contribution in [-0.2, 0) is 4.74 Å². The number of rotatable bonds is 12. The van der Waals surface area contributed by atoms with Gasteiger partial charge < -0.3 is 9.64 Å². The smallest absolute Gasteiger partial charge is 0.0875 e. The van der Waals surface area contributed by atoms with Crippen LogP contribution in [0, 0.1) is 0 Å². The van der Waals surface area contributed by atoms with E-state index >= 15 is 0 Å². The lowest BCUT2D eigenvalue weighted by atomic mass is 10.1. The molecule has 0 heterocycles. The zero-order chi connectivity index (χ0) is 23.9. The highest BCUT2D eigenvalue weighted by Gasteiger charge is 2.06. The van der Waals surface area contributed by atoms with Gasteiger partial charge in [-0.25, -0.2) is 0 Å². The number of hydrogen-bond acceptors (Lipinski definition) is 3. The van der Waals surface area contributed by atoms with Gasteiger partial charge in [0.05, 0.1) is 23.4 Å². The molecule has 0 amide bonds. The van der Waals surface area contributed by atoms with Crippen LogP contribution in [0.5, 0.6) is 0 Å². The Hall–Kier alpha value is -2.07. The number of halogens is 2. The number of benzene rings is 1. The predicted octanol–water partition coefficient (Wildman–Crippen LogP) is 8.13. The number of ether oxygens (including phenoxy) is 1. The molecule has 0 spiro atoms. The average molecular weight is 476 g/mol. The molecule has 0 fully saturated rings. The molecule has 0 bridgehead atoms. The maximum atomic E-state index is 6.38. The van der Waals surface area contributed by atoms with Crippen molar-refractivity contribution in [1.29, 1.82) is 0 Å². The minimum atomic E-state index is 0.254. The van der Waals surface area contributed by atoms with Crippen molar-refractivity contribution in [2.75, 3.05) is 20.7 Å². The van der Waals surface area contributed by atoms with Crippen LogP contribution in [0.15, 0.2) is 77.0 Å². The van der Waals surface area contributed by atoms with Crippen LogP contribution in [0.25, 0.3) is 5.70 Å². The molecule has 0 aromatic heterocycles. The van der Waals surface area contributed by atoms with Crippen molar-refractivity contribution in [1.82, 2.24) is 4.90 Å². The summed E-state index contributed by atoms with van der Waals surface area (Å²) in [6, 6.07) is 5.43. The summed E-state index contributed by atoms with van der Waals surface area (Å²) in [5.41, 5.74) is 4.04. The second-order valence-corrected chi connectivity index (χ2v) is 8.73. The zero-order valence-electron chi connectivity index (χ0n) is 20.1. The third-order valence-corrected chi connectivity index (χ3v) is 4.78. The molecule has 0 N–H and O–H groups in total. The van der Waals surface area contributed by atoms with Gasteiger partial charge in [-0.2, -0.15) is 0 Å². The number of allylic oxidation sites excluding steroid dienone is 7. The van der Waals surface area contributed by atoms with E-state index in [1.807, 2.05) is 57.3 Å². The van der Waals surface area contributed by atoms with Gasteiger partial charge in [-0.3, -0.25) is 4.99 Å². The van der Waals surface area contributed by atoms with Crippen molar-refractivity contribution < 1.29 is 4.74 Å². The minimum absolute atomic E-state index is 0.254. The lowest BCUT2D eigenvalue weighted by Crippen LogP contribution is -2.02. The lowest BCUT2D eigenvalue weighted by Gasteiger charge is -2.10. The first kappa shape index (κ1) is 28.0. The number of nitrogens with zero attached hydrogens (tertiary/aromatic N) is 2. The summed E-state index contributed by atoms with van der Waals surface area (Å²) in [6.07, 6.45) is 18.5. The largest absolute Gasteiger partial charge is 0.382 e. The highest BCUT2D eigenvalue weighted by atomic mass is 35.5. The van der Waals surface area contributed by atoms with Crippen LogP contribution in [0.4, 0.5) is 0 Å². The second-order valence-electron chi connectivity index (χ2n) is 7.89. The molecule has 174 valence electrons. The van der Waals surface area contributed by atoms with Gasteiger partial charge in [-0.15, -0.1) is 0 Å². The standard InChI is InChI=1S/C27H36Cl2N2O/c1-7-10-23(12-8-11-22(4)16-18-32-21(2)3)13-9-17-30-27(20-31(5)6)25-15-14-24(28)19-26(25)29/h8-10,12-17,19-21H,7,11,18H2,1-6H3/b12-8-,13-9+,22-16+,23-10+,27-20-,30-17+. The minimum Gasteiger partial charge on any atom is -0.382 e. The van der Waals surface area contributed by atoms with Gasteiger partial charge in [0.2, 0.25) is 0 Å². The Bertz CT molecular complexity index is 891. The Morgan fingerprint density at radius 3 is 2.53 bits per heavy atom. The Morgan fingerprint density at radius 1 is 1.16 bits per heavy atom. The van der Waals surface area contributed by atoms with Crippen molar-refractivity contribution in [3.8, 4) is 0 Å². The highest BCUT2D eigenvalue weighted by molar-refractivity contribution is 6.35. The summed E-state index contributed by atoms with van der Waals surface area (Å²) < 4.78 is 5.57. The quantitative estimate of drug-likeness (QED) is 0.173. The molecule has 0 aliphatic rings. The fourth-order valence-corrected chi connectivity index (χ4v) is 3.17. The van der Waals surface area contributed by atoms with Crippen LogP contribution in [0.2, 0.25) is 10.0 Å². The van der Waals surface area contributed by atoms with E-state index in [4.69, 9.17) is 27.9 Å². The average Bonchev–Trinajstić information content (AvgIpc) is 2.69. The molecule has 0 unspecified atom stereocenters. The van der Waals surface area contributed by atoms with Crippen molar-refractivity contribution in [3.63, 3.8) is 0 Å². The Labute approximate surface area is 204 Å². The van der Waals surface area contributed by atoms with E-state index in [-0.39, 0.29) is 6.10 Å². The van der Waals surface area contributed by atoms with E-state index in [0.29, 0.717) is 16.7 Å². The summed E-state index contributed by atoms with van der Waals surface area (Å²) in [4.78, 5) is 6.56.